The van der Waals surface area contributed by atoms with Crippen molar-refractivity contribution in [2.75, 3.05) is 6.54 Å². The second-order valence-electron chi connectivity index (χ2n) is 7.09. The Hall–Kier alpha value is -2.99. The summed E-state index contributed by atoms with van der Waals surface area (Å²) in [5.41, 5.74) is 5.06. The molecule has 0 spiro atoms. The molecule has 6 nitrogen and oxygen atoms in total. The molecule has 0 radical (unpaired) electrons. The third-order valence-electron chi connectivity index (χ3n) is 5.01. The van der Waals surface area contributed by atoms with Gasteiger partial charge >= 0.3 is 0 Å². The van der Waals surface area contributed by atoms with E-state index in [1.165, 1.54) is 0 Å². The SMILES string of the molecule is Cc1cc(CN2CCc3nc(-c4ccccn4)[nH]c(=O)c3C2)cc(C)c1O. The summed E-state index contributed by atoms with van der Waals surface area (Å²) in [6, 6.07) is 9.57. The molecule has 138 valence electrons. The first-order valence-electron chi connectivity index (χ1n) is 9.06. The molecule has 0 fully saturated rings. The molecule has 0 atom stereocenters. The van der Waals surface area contributed by atoms with Crippen LogP contribution in [0.4, 0.5) is 0 Å². The van der Waals surface area contributed by atoms with Crippen molar-refractivity contribution in [3.05, 3.63) is 74.8 Å². The molecule has 0 saturated heterocycles. The molecule has 3 aromatic rings. The van der Waals surface area contributed by atoms with Crippen LogP contribution in [0.1, 0.15) is 27.9 Å². The van der Waals surface area contributed by atoms with Gasteiger partial charge in [0.2, 0.25) is 0 Å². The van der Waals surface area contributed by atoms with Crippen LogP contribution in [-0.4, -0.2) is 31.5 Å². The fourth-order valence-electron chi connectivity index (χ4n) is 3.64. The molecule has 0 aliphatic carbocycles. The number of hydrogen-bond donors (Lipinski definition) is 2. The third-order valence-corrected chi connectivity index (χ3v) is 5.01. The monoisotopic (exact) mass is 362 g/mol. The zero-order chi connectivity index (χ0) is 19.0. The van der Waals surface area contributed by atoms with Crippen LogP contribution >= 0.6 is 0 Å². The second kappa shape index (κ2) is 6.96. The Morgan fingerprint density at radius 3 is 2.70 bits per heavy atom. The molecule has 0 saturated carbocycles. The standard InChI is InChI=1S/C21H22N4O2/c1-13-9-15(10-14(2)19(13)26)11-25-8-6-17-16(12-25)21(27)24-20(23-17)18-5-3-4-7-22-18/h3-5,7,9-10,26H,6,8,11-12H2,1-2H3,(H,23,24,27). The maximum absolute atomic E-state index is 12.6. The average molecular weight is 362 g/mol. The Morgan fingerprint density at radius 1 is 1.22 bits per heavy atom. The van der Waals surface area contributed by atoms with E-state index in [-0.39, 0.29) is 5.56 Å². The van der Waals surface area contributed by atoms with E-state index < -0.39 is 0 Å². The van der Waals surface area contributed by atoms with Crippen molar-refractivity contribution in [3.8, 4) is 17.3 Å². The van der Waals surface area contributed by atoms with Gasteiger partial charge in [-0.15, -0.1) is 0 Å². The van der Waals surface area contributed by atoms with Crippen molar-refractivity contribution in [3.63, 3.8) is 0 Å². The van der Waals surface area contributed by atoms with Gasteiger partial charge in [0.25, 0.3) is 5.56 Å². The molecular formula is C21H22N4O2. The number of benzene rings is 1. The highest BCUT2D eigenvalue weighted by Gasteiger charge is 2.22. The Labute approximate surface area is 157 Å². The number of hydrogen-bond acceptors (Lipinski definition) is 5. The van der Waals surface area contributed by atoms with Gasteiger partial charge in [-0.05, 0) is 42.7 Å². The van der Waals surface area contributed by atoms with Crippen LogP contribution in [0.2, 0.25) is 0 Å². The molecule has 2 N–H and O–H groups in total. The molecule has 0 unspecified atom stereocenters. The molecule has 6 heteroatoms. The lowest BCUT2D eigenvalue weighted by Crippen LogP contribution is -2.35. The maximum atomic E-state index is 12.6. The summed E-state index contributed by atoms with van der Waals surface area (Å²) in [4.78, 5) is 26.7. The Bertz CT molecular complexity index is 1020. The number of pyridine rings is 1. The molecule has 1 aromatic carbocycles. The van der Waals surface area contributed by atoms with Crippen molar-refractivity contribution in [1.29, 1.82) is 0 Å². The van der Waals surface area contributed by atoms with Gasteiger partial charge in [-0.1, -0.05) is 18.2 Å². The van der Waals surface area contributed by atoms with Gasteiger partial charge in [-0.2, -0.15) is 0 Å². The van der Waals surface area contributed by atoms with E-state index in [9.17, 15) is 9.90 Å². The summed E-state index contributed by atoms with van der Waals surface area (Å²) in [7, 11) is 0. The number of phenolic OH excluding ortho intramolecular Hbond substituents is 1. The minimum absolute atomic E-state index is 0.0941. The van der Waals surface area contributed by atoms with Gasteiger partial charge in [0.05, 0.1) is 11.3 Å². The van der Waals surface area contributed by atoms with Gasteiger partial charge in [0.15, 0.2) is 5.82 Å². The maximum Gasteiger partial charge on any atom is 0.255 e. The molecule has 4 rings (SSSR count). The Balaban J connectivity index is 1.58. The van der Waals surface area contributed by atoms with E-state index in [4.69, 9.17) is 0 Å². The van der Waals surface area contributed by atoms with E-state index in [0.29, 0.717) is 23.8 Å². The Kier molecular flexibility index (Phi) is 4.49. The van der Waals surface area contributed by atoms with Crippen LogP contribution in [0.3, 0.4) is 0 Å². The summed E-state index contributed by atoms with van der Waals surface area (Å²) >= 11 is 0. The smallest absolute Gasteiger partial charge is 0.255 e. The number of H-pyrrole nitrogens is 1. The lowest BCUT2D eigenvalue weighted by atomic mass is 10.0. The molecule has 1 aliphatic rings. The van der Waals surface area contributed by atoms with E-state index in [2.05, 4.69) is 19.9 Å². The fourth-order valence-corrected chi connectivity index (χ4v) is 3.64. The van der Waals surface area contributed by atoms with Crippen molar-refractivity contribution < 1.29 is 5.11 Å². The van der Waals surface area contributed by atoms with Crippen molar-refractivity contribution in [1.82, 2.24) is 19.9 Å². The lowest BCUT2D eigenvalue weighted by Gasteiger charge is -2.28. The Morgan fingerprint density at radius 2 is 2.00 bits per heavy atom. The zero-order valence-corrected chi connectivity index (χ0v) is 15.5. The van der Waals surface area contributed by atoms with Crippen LogP contribution in [-0.2, 0) is 19.5 Å². The van der Waals surface area contributed by atoms with Gasteiger partial charge in [-0.25, -0.2) is 4.98 Å². The van der Waals surface area contributed by atoms with E-state index in [1.807, 2.05) is 44.2 Å². The third kappa shape index (κ3) is 3.48. The number of aromatic hydroxyl groups is 1. The number of phenols is 1. The second-order valence-corrected chi connectivity index (χ2v) is 7.09. The predicted molar refractivity (Wildman–Crippen MR) is 103 cm³/mol. The van der Waals surface area contributed by atoms with Crippen LogP contribution in [0.15, 0.2) is 41.3 Å². The van der Waals surface area contributed by atoms with Crippen molar-refractivity contribution in [2.45, 2.75) is 33.4 Å². The number of rotatable bonds is 3. The van der Waals surface area contributed by atoms with Crippen molar-refractivity contribution in [2.24, 2.45) is 0 Å². The van der Waals surface area contributed by atoms with Gasteiger partial charge in [0.1, 0.15) is 11.4 Å². The van der Waals surface area contributed by atoms with Gasteiger partial charge in [-0.3, -0.25) is 14.7 Å². The number of aromatic nitrogens is 3. The van der Waals surface area contributed by atoms with Crippen LogP contribution in [0.25, 0.3) is 11.5 Å². The molecular weight excluding hydrogens is 340 g/mol. The van der Waals surface area contributed by atoms with Crippen LogP contribution < -0.4 is 5.56 Å². The molecule has 27 heavy (non-hydrogen) atoms. The summed E-state index contributed by atoms with van der Waals surface area (Å²) in [5.74, 6) is 0.878. The normalized spacial score (nSPS) is 14.1. The minimum atomic E-state index is -0.0941. The first kappa shape index (κ1) is 17.4. The summed E-state index contributed by atoms with van der Waals surface area (Å²) in [6.45, 7) is 5.96. The van der Waals surface area contributed by atoms with E-state index in [1.54, 1.807) is 6.20 Å². The first-order chi connectivity index (χ1) is 13.0. The molecule has 1 aliphatic heterocycles. The fraction of sp³-hybridized carbons (Fsp3) is 0.286. The molecule has 0 amide bonds. The van der Waals surface area contributed by atoms with E-state index >= 15 is 0 Å². The van der Waals surface area contributed by atoms with Crippen molar-refractivity contribution >= 4 is 0 Å². The summed E-state index contributed by atoms with van der Waals surface area (Å²) < 4.78 is 0. The quantitative estimate of drug-likeness (QED) is 0.749. The minimum Gasteiger partial charge on any atom is -0.507 e. The van der Waals surface area contributed by atoms with E-state index in [0.717, 1.165) is 47.5 Å². The number of fused-ring (bicyclic) bond motifs is 1. The lowest BCUT2D eigenvalue weighted by molar-refractivity contribution is 0.241. The highest BCUT2D eigenvalue weighted by molar-refractivity contribution is 5.49. The molecule has 2 aromatic heterocycles. The molecule has 0 bridgehead atoms. The number of aryl methyl sites for hydroxylation is 2. The number of nitrogens with zero attached hydrogens (tertiary/aromatic N) is 3. The zero-order valence-electron chi connectivity index (χ0n) is 15.5. The predicted octanol–water partition coefficient (Wildman–Crippen LogP) is 2.71. The first-order valence-corrected chi connectivity index (χ1v) is 9.06. The summed E-state index contributed by atoms with van der Waals surface area (Å²) in [6.07, 6.45) is 2.42. The highest BCUT2D eigenvalue weighted by Crippen LogP contribution is 2.25. The van der Waals surface area contributed by atoms with Crippen LogP contribution in [0, 0.1) is 13.8 Å². The van der Waals surface area contributed by atoms with Crippen LogP contribution in [0.5, 0.6) is 5.75 Å². The molecule has 3 heterocycles. The summed E-state index contributed by atoms with van der Waals surface area (Å²) in [5, 5.41) is 9.95. The van der Waals surface area contributed by atoms with Gasteiger partial charge in [0, 0.05) is 32.3 Å². The highest BCUT2D eigenvalue weighted by atomic mass is 16.3. The average Bonchev–Trinajstić information content (AvgIpc) is 2.67. The topological polar surface area (TPSA) is 82.1 Å². The number of nitrogens with one attached hydrogen (secondary N) is 1. The number of aromatic amines is 1. The largest absolute Gasteiger partial charge is 0.507 e. The van der Waals surface area contributed by atoms with Gasteiger partial charge < -0.3 is 10.1 Å².